The van der Waals surface area contributed by atoms with Crippen molar-refractivity contribution >= 4 is 29.2 Å². The highest BCUT2D eigenvalue weighted by Crippen LogP contribution is 2.22. The maximum Gasteiger partial charge on any atom is 0.339 e. The average Bonchev–Trinajstić information content (AvgIpc) is 2.55. The van der Waals surface area contributed by atoms with Gasteiger partial charge >= 0.3 is 5.97 Å². The molecule has 0 bridgehead atoms. The Bertz CT molecular complexity index is 783. The topological polar surface area (TPSA) is 64.6 Å². The van der Waals surface area contributed by atoms with E-state index in [4.69, 9.17) is 16.3 Å². The molecule has 0 aliphatic carbocycles. The number of ether oxygens (including phenoxy) is 2. The molecule has 2 aromatic rings. The van der Waals surface area contributed by atoms with Crippen LogP contribution < -0.4 is 10.1 Å². The number of carbonyl (C=O) groups is 2. The molecule has 2 aromatic carbocycles. The predicted molar refractivity (Wildman–Crippen MR) is 83.3 cm³/mol. The van der Waals surface area contributed by atoms with E-state index in [0.717, 1.165) is 12.1 Å². The Labute approximate surface area is 141 Å². The minimum Gasteiger partial charge on any atom is -0.481 e. The summed E-state index contributed by atoms with van der Waals surface area (Å²) in [5.41, 5.74) is 0.371. The van der Waals surface area contributed by atoms with Gasteiger partial charge in [0.1, 0.15) is 5.82 Å². The van der Waals surface area contributed by atoms with Gasteiger partial charge in [-0.05, 0) is 30.3 Å². The molecule has 1 N–H and O–H groups in total. The monoisotopic (exact) mass is 355 g/mol. The van der Waals surface area contributed by atoms with E-state index in [1.54, 1.807) is 0 Å². The fraction of sp³-hybridized carbons (Fsp3) is 0.125. The van der Waals surface area contributed by atoms with Gasteiger partial charge in [0.05, 0.1) is 17.7 Å². The SMILES string of the molecule is COC(=O)c1cc(NC(=O)COc2ccc(F)cc2F)ccc1Cl. The van der Waals surface area contributed by atoms with Crippen LogP contribution in [0, 0.1) is 11.6 Å². The van der Waals surface area contributed by atoms with Crippen LogP contribution in [0.5, 0.6) is 5.75 Å². The highest BCUT2D eigenvalue weighted by Gasteiger charge is 2.13. The van der Waals surface area contributed by atoms with Crippen LogP contribution in [0.3, 0.4) is 0 Å². The molecule has 5 nitrogen and oxygen atoms in total. The van der Waals surface area contributed by atoms with Crippen LogP contribution in [0.4, 0.5) is 14.5 Å². The van der Waals surface area contributed by atoms with E-state index in [-0.39, 0.29) is 22.0 Å². The van der Waals surface area contributed by atoms with E-state index in [1.165, 1.54) is 25.3 Å². The van der Waals surface area contributed by atoms with Crippen LogP contribution >= 0.6 is 11.6 Å². The number of benzene rings is 2. The molecule has 24 heavy (non-hydrogen) atoms. The smallest absolute Gasteiger partial charge is 0.339 e. The van der Waals surface area contributed by atoms with E-state index in [9.17, 15) is 18.4 Å². The zero-order valence-corrected chi connectivity index (χ0v) is 13.2. The van der Waals surface area contributed by atoms with Crippen molar-refractivity contribution < 1.29 is 27.8 Å². The molecule has 0 fully saturated rings. The van der Waals surface area contributed by atoms with Crippen molar-refractivity contribution in [2.45, 2.75) is 0 Å². The first-order valence-corrected chi connectivity index (χ1v) is 7.04. The average molecular weight is 356 g/mol. The summed E-state index contributed by atoms with van der Waals surface area (Å²) >= 11 is 5.87. The zero-order valence-electron chi connectivity index (χ0n) is 12.4. The van der Waals surface area contributed by atoms with Crippen LogP contribution in [-0.4, -0.2) is 25.6 Å². The van der Waals surface area contributed by atoms with Gasteiger partial charge in [0, 0.05) is 11.8 Å². The molecule has 0 saturated heterocycles. The second kappa shape index (κ2) is 7.74. The largest absolute Gasteiger partial charge is 0.481 e. The van der Waals surface area contributed by atoms with Crippen molar-refractivity contribution in [2.24, 2.45) is 0 Å². The first-order valence-electron chi connectivity index (χ1n) is 6.66. The lowest BCUT2D eigenvalue weighted by molar-refractivity contribution is -0.118. The van der Waals surface area contributed by atoms with Crippen molar-refractivity contribution in [3.63, 3.8) is 0 Å². The molecular weight excluding hydrogens is 344 g/mol. The van der Waals surface area contributed by atoms with E-state index < -0.39 is 30.1 Å². The van der Waals surface area contributed by atoms with Crippen molar-refractivity contribution in [1.29, 1.82) is 0 Å². The standard InChI is InChI=1S/C16H12ClF2NO4/c1-23-16(22)11-7-10(3-4-12(11)17)20-15(21)8-24-14-5-2-9(18)6-13(14)19/h2-7H,8H2,1H3,(H,20,21). The summed E-state index contributed by atoms with van der Waals surface area (Å²) in [7, 11) is 1.20. The summed E-state index contributed by atoms with van der Waals surface area (Å²) in [6, 6.07) is 6.97. The van der Waals surface area contributed by atoms with Crippen molar-refractivity contribution in [2.75, 3.05) is 19.0 Å². The third-order valence-electron chi connectivity index (χ3n) is 2.91. The third-order valence-corrected chi connectivity index (χ3v) is 3.24. The summed E-state index contributed by atoms with van der Waals surface area (Å²) in [4.78, 5) is 23.3. The number of anilines is 1. The van der Waals surface area contributed by atoms with Crippen LogP contribution in [-0.2, 0) is 9.53 Å². The number of nitrogens with one attached hydrogen (secondary N) is 1. The van der Waals surface area contributed by atoms with Crippen molar-refractivity contribution in [1.82, 2.24) is 0 Å². The lowest BCUT2D eigenvalue weighted by atomic mass is 10.2. The highest BCUT2D eigenvalue weighted by atomic mass is 35.5. The van der Waals surface area contributed by atoms with Crippen molar-refractivity contribution in [3.8, 4) is 5.75 Å². The minimum absolute atomic E-state index is 0.0856. The lowest BCUT2D eigenvalue weighted by Crippen LogP contribution is -2.20. The molecule has 0 radical (unpaired) electrons. The number of hydrogen-bond acceptors (Lipinski definition) is 4. The van der Waals surface area contributed by atoms with E-state index >= 15 is 0 Å². The molecule has 0 unspecified atom stereocenters. The molecular formula is C16H12ClF2NO4. The Morgan fingerprint density at radius 3 is 2.58 bits per heavy atom. The fourth-order valence-electron chi connectivity index (χ4n) is 1.80. The van der Waals surface area contributed by atoms with Gasteiger partial charge in [-0.1, -0.05) is 11.6 Å². The summed E-state index contributed by atoms with van der Waals surface area (Å²) in [5, 5.41) is 2.63. The Morgan fingerprint density at radius 2 is 1.92 bits per heavy atom. The number of amides is 1. The van der Waals surface area contributed by atoms with Gasteiger partial charge in [-0.15, -0.1) is 0 Å². The molecule has 0 saturated carbocycles. The Hall–Kier alpha value is -2.67. The summed E-state index contributed by atoms with van der Waals surface area (Å²) in [6.07, 6.45) is 0. The highest BCUT2D eigenvalue weighted by molar-refractivity contribution is 6.33. The molecule has 8 heteroatoms. The molecule has 1 amide bonds. The van der Waals surface area contributed by atoms with Gasteiger partial charge in [0.2, 0.25) is 0 Å². The number of methoxy groups -OCH3 is 1. The molecule has 0 spiro atoms. The molecule has 0 aliphatic rings. The Balaban J connectivity index is 2.01. The third kappa shape index (κ3) is 4.42. The summed E-state index contributed by atoms with van der Waals surface area (Å²) in [5.74, 6) is -3.17. The van der Waals surface area contributed by atoms with Gasteiger partial charge in [0.15, 0.2) is 18.2 Å². The normalized spacial score (nSPS) is 10.2. The van der Waals surface area contributed by atoms with E-state index in [2.05, 4.69) is 10.1 Å². The van der Waals surface area contributed by atoms with Crippen molar-refractivity contribution in [3.05, 3.63) is 58.6 Å². The Morgan fingerprint density at radius 1 is 1.17 bits per heavy atom. The number of hydrogen-bond donors (Lipinski definition) is 1. The first-order chi connectivity index (χ1) is 11.4. The van der Waals surface area contributed by atoms with Gasteiger partial charge in [-0.25, -0.2) is 13.6 Å². The Kier molecular flexibility index (Phi) is 5.70. The maximum atomic E-state index is 13.4. The second-order valence-corrected chi connectivity index (χ2v) is 5.01. The molecule has 126 valence electrons. The molecule has 2 rings (SSSR count). The first kappa shape index (κ1) is 17.7. The number of esters is 1. The second-order valence-electron chi connectivity index (χ2n) is 4.60. The zero-order chi connectivity index (χ0) is 17.7. The predicted octanol–water partition coefficient (Wildman–Crippen LogP) is 3.42. The molecule has 0 aliphatic heterocycles. The van der Waals surface area contributed by atoms with Crippen LogP contribution in [0.2, 0.25) is 5.02 Å². The van der Waals surface area contributed by atoms with Gasteiger partial charge < -0.3 is 14.8 Å². The number of halogens is 3. The van der Waals surface area contributed by atoms with Gasteiger partial charge in [0.25, 0.3) is 5.91 Å². The molecule has 0 atom stereocenters. The molecule has 0 aromatic heterocycles. The minimum atomic E-state index is -0.915. The quantitative estimate of drug-likeness (QED) is 0.835. The van der Waals surface area contributed by atoms with Crippen LogP contribution in [0.25, 0.3) is 0 Å². The fourth-order valence-corrected chi connectivity index (χ4v) is 2.00. The maximum absolute atomic E-state index is 13.4. The number of rotatable bonds is 5. The number of carbonyl (C=O) groups excluding carboxylic acids is 2. The molecule has 0 heterocycles. The van der Waals surface area contributed by atoms with Crippen LogP contribution in [0.15, 0.2) is 36.4 Å². The van der Waals surface area contributed by atoms with Crippen LogP contribution in [0.1, 0.15) is 10.4 Å². The van der Waals surface area contributed by atoms with Gasteiger partial charge in [-0.2, -0.15) is 0 Å². The summed E-state index contributed by atoms with van der Waals surface area (Å²) < 4.78 is 35.7. The van der Waals surface area contributed by atoms with E-state index in [1.807, 2.05) is 0 Å². The van der Waals surface area contributed by atoms with E-state index in [0.29, 0.717) is 6.07 Å². The lowest BCUT2D eigenvalue weighted by Gasteiger charge is -2.10. The summed E-state index contributed by atoms with van der Waals surface area (Å²) in [6.45, 7) is -0.501. The van der Waals surface area contributed by atoms with Gasteiger partial charge in [-0.3, -0.25) is 4.79 Å².